The monoisotopic (exact) mass is 342 g/mol. The SMILES string of the molecule is C[C@@H](c1ccc(F)cc1)N(C)CC(=O)N[C@]1(C)CCS(=O)(=O)C1. The predicted molar refractivity (Wildman–Crippen MR) is 87.3 cm³/mol. The molecule has 1 aliphatic heterocycles. The summed E-state index contributed by atoms with van der Waals surface area (Å²) in [7, 11) is -1.25. The Morgan fingerprint density at radius 2 is 2.00 bits per heavy atom. The highest BCUT2D eigenvalue weighted by molar-refractivity contribution is 7.91. The zero-order valence-electron chi connectivity index (χ0n) is 13.7. The third-order valence-electron chi connectivity index (χ3n) is 4.35. The number of hydrogen-bond donors (Lipinski definition) is 1. The number of halogens is 1. The van der Waals surface area contributed by atoms with Gasteiger partial charge in [0.05, 0.1) is 23.6 Å². The standard InChI is InChI=1S/C16H23FN2O3S/c1-12(13-4-6-14(17)7-5-13)19(3)10-15(20)18-16(2)8-9-23(21,22)11-16/h4-7,12H,8-11H2,1-3H3,(H,18,20)/t12-,16+/m0/s1. The number of amides is 1. The van der Waals surface area contributed by atoms with Gasteiger partial charge in [0.25, 0.3) is 0 Å². The smallest absolute Gasteiger partial charge is 0.234 e. The van der Waals surface area contributed by atoms with Crippen molar-refractivity contribution in [3.05, 3.63) is 35.6 Å². The fourth-order valence-corrected chi connectivity index (χ4v) is 4.94. The fourth-order valence-electron chi connectivity index (χ4n) is 2.84. The van der Waals surface area contributed by atoms with Crippen LogP contribution in [-0.2, 0) is 14.6 Å². The Hall–Kier alpha value is -1.47. The van der Waals surface area contributed by atoms with Crippen molar-refractivity contribution in [2.45, 2.75) is 31.8 Å². The van der Waals surface area contributed by atoms with Crippen molar-refractivity contribution in [2.75, 3.05) is 25.1 Å². The van der Waals surface area contributed by atoms with Crippen LogP contribution in [0, 0.1) is 5.82 Å². The van der Waals surface area contributed by atoms with Gasteiger partial charge in [-0.15, -0.1) is 0 Å². The molecule has 1 fully saturated rings. The van der Waals surface area contributed by atoms with E-state index in [0.29, 0.717) is 6.42 Å². The molecule has 1 aromatic carbocycles. The molecule has 0 unspecified atom stereocenters. The average molecular weight is 342 g/mol. The van der Waals surface area contributed by atoms with Crippen LogP contribution in [0.5, 0.6) is 0 Å². The number of hydrogen-bond acceptors (Lipinski definition) is 4. The minimum atomic E-state index is -3.06. The van der Waals surface area contributed by atoms with Gasteiger partial charge < -0.3 is 5.32 Å². The van der Waals surface area contributed by atoms with Crippen LogP contribution in [0.15, 0.2) is 24.3 Å². The summed E-state index contributed by atoms with van der Waals surface area (Å²) in [5.41, 5.74) is 0.229. The highest BCUT2D eigenvalue weighted by Gasteiger charge is 2.39. The first-order chi connectivity index (χ1) is 10.6. The van der Waals surface area contributed by atoms with Gasteiger partial charge in [0, 0.05) is 6.04 Å². The van der Waals surface area contributed by atoms with Crippen LogP contribution in [0.25, 0.3) is 0 Å². The van der Waals surface area contributed by atoms with E-state index < -0.39 is 15.4 Å². The molecule has 0 aliphatic carbocycles. The molecule has 0 radical (unpaired) electrons. The Bertz CT molecular complexity index is 675. The lowest BCUT2D eigenvalue weighted by Crippen LogP contribution is -2.50. The quantitative estimate of drug-likeness (QED) is 0.881. The van der Waals surface area contributed by atoms with Crippen LogP contribution in [0.4, 0.5) is 4.39 Å². The van der Waals surface area contributed by atoms with Gasteiger partial charge in [-0.25, -0.2) is 12.8 Å². The van der Waals surface area contributed by atoms with Crippen LogP contribution >= 0.6 is 0 Å². The summed E-state index contributed by atoms with van der Waals surface area (Å²) in [4.78, 5) is 14.1. The van der Waals surface area contributed by atoms with E-state index in [1.54, 1.807) is 26.1 Å². The normalized spacial score (nSPS) is 24.6. The minimum absolute atomic E-state index is 0.0109. The molecular formula is C16H23FN2O3S. The number of carbonyl (C=O) groups is 1. The van der Waals surface area contributed by atoms with E-state index in [1.807, 2.05) is 11.8 Å². The molecule has 1 heterocycles. The fraction of sp³-hybridized carbons (Fsp3) is 0.562. The van der Waals surface area contributed by atoms with E-state index in [4.69, 9.17) is 0 Å². The van der Waals surface area contributed by atoms with Gasteiger partial charge in [-0.2, -0.15) is 0 Å². The molecular weight excluding hydrogens is 319 g/mol. The summed E-state index contributed by atoms with van der Waals surface area (Å²) in [5.74, 6) is -0.396. The molecule has 1 amide bonds. The summed E-state index contributed by atoms with van der Waals surface area (Å²) < 4.78 is 36.1. The highest BCUT2D eigenvalue weighted by atomic mass is 32.2. The predicted octanol–water partition coefficient (Wildman–Crippen LogP) is 1.51. The summed E-state index contributed by atoms with van der Waals surface area (Å²) in [6.07, 6.45) is 0.443. The summed E-state index contributed by atoms with van der Waals surface area (Å²) in [5, 5.41) is 2.84. The maximum absolute atomic E-state index is 13.0. The van der Waals surface area contributed by atoms with Gasteiger partial charge >= 0.3 is 0 Å². The van der Waals surface area contributed by atoms with Crippen molar-refractivity contribution in [3.63, 3.8) is 0 Å². The van der Waals surface area contributed by atoms with E-state index in [9.17, 15) is 17.6 Å². The van der Waals surface area contributed by atoms with Crippen molar-refractivity contribution in [3.8, 4) is 0 Å². The van der Waals surface area contributed by atoms with Crippen LogP contribution in [-0.4, -0.2) is 49.9 Å². The number of nitrogens with zero attached hydrogens (tertiary/aromatic N) is 1. The average Bonchev–Trinajstić information content (AvgIpc) is 2.72. The topological polar surface area (TPSA) is 66.5 Å². The van der Waals surface area contributed by atoms with Gasteiger partial charge in [-0.3, -0.25) is 9.69 Å². The van der Waals surface area contributed by atoms with E-state index >= 15 is 0 Å². The van der Waals surface area contributed by atoms with E-state index in [1.165, 1.54) is 12.1 Å². The van der Waals surface area contributed by atoms with Gasteiger partial charge in [0.1, 0.15) is 5.82 Å². The highest BCUT2D eigenvalue weighted by Crippen LogP contribution is 2.23. The van der Waals surface area contributed by atoms with E-state index in [-0.39, 0.29) is 35.8 Å². The lowest BCUT2D eigenvalue weighted by Gasteiger charge is -2.28. The van der Waals surface area contributed by atoms with Crippen molar-refractivity contribution in [1.29, 1.82) is 0 Å². The van der Waals surface area contributed by atoms with E-state index in [0.717, 1.165) is 5.56 Å². The number of rotatable bonds is 5. The second-order valence-corrected chi connectivity index (χ2v) is 8.78. The molecule has 1 saturated heterocycles. The zero-order chi connectivity index (χ0) is 17.3. The third-order valence-corrected chi connectivity index (χ3v) is 6.25. The van der Waals surface area contributed by atoms with Gasteiger partial charge in [-0.05, 0) is 45.0 Å². The number of nitrogens with one attached hydrogen (secondary N) is 1. The maximum atomic E-state index is 13.0. The number of carbonyl (C=O) groups excluding carboxylic acids is 1. The molecule has 0 spiro atoms. The first kappa shape index (κ1) is 17.9. The molecule has 128 valence electrons. The van der Waals surface area contributed by atoms with Crippen molar-refractivity contribution < 1.29 is 17.6 Å². The molecule has 1 aromatic rings. The molecule has 7 heteroatoms. The number of benzene rings is 1. The Morgan fingerprint density at radius 1 is 1.39 bits per heavy atom. The molecule has 5 nitrogen and oxygen atoms in total. The minimum Gasteiger partial charge on any atom is -0.349 e. The molecule has 0 saturated carbocycles. The van der Waals surface area contributed by atoms with Crippen molar-refractivity contribution in [1.82, 2.24) is 10.2 Å². The molecule has 0 bridgehead atoms. The lowest BCUT2D eigenvalue weighted by atomic mass is 10.0. The number of sulfone groups is 1. The first-order valence-corrected chi connectivity index (χ1v) is 9.39. The van der Waals surface area contributed by atoms with Crippen molar-refractivity contribution >= 4 is 15.7 Å². The van der Waals surface area contributed by atoms with Crippen LogP contribution in [0.3, 0.4) is 0 Å². The van der Waals surface area contributed by atoms with E-state index in [2.05, 4.69) is 5.32 Å². The van der Waals surface area contributed by atoms with Gasteiger partial charge in [0.2, 0.25) is 5.91 Å². The molecule has 2 rings (SSSR count). The van der Waals surface area contributed by atoms with Crippen LogP contribution in [0.1, 0.15) is 31.9 Å². The Morgan fingerprint density at radius 3 is 2.52 bits per heavy atom. The largest absolute Gasteiger partial charge is 0.349 e. The van der Waals surface area contributed by atoms with Crippen molar-refractivity contribution in [2.24, 2.45) is 0 Å². The molecule has 0 aromatic heterocycles. The lowest BCUT2D eigenvalue weighted by molar-refractivity contribution is -0.123. The Balaban J connectivity index is 1.93. The zero-order valence-corrected chi connectivity index (χ0v) is 14.5. The molecule has 1 N–H and O–H groups in total. The second kappa shape index (κ2) is 6.57. The van der Waals surface area contributed by atoms with Gasteiger partial charge in [0.15, 0.2) is 9.84 Å². The number of likely N-dealkylation sites (N-methyl/N-ethyl adjacent to an activating group) is 1. The maximum Gasteiger partial charge on any atom is 0.234 e. The third kappa shape index (κ3) is 4.75. The summed E-state index contributed by atoms with van der Waals surface area (Å²) >= 11 is 0. The van der Waals surface area contributed by atoms with Gasteiger partial charge in [-0.1, -0.05) is 12.1 Å². The van der Waals surface area contributed by atoms with Crippen LogP contribution in [0.2, 0.25) is 0 Å². The van der Waals surface area contributed by atoms with Crippen LogP contribution < -0.4 is 5.32 Å². The second-order valence-electron chi connectivity index (χ2n) is 6.59. The summed E-state index contributed by atoms with van der Waals surface area (Å²) in [6, 6.07) is 6.12. The molecule has 1 aliphatic rings. The summed E-state index contributed by atoms with van der Waals surface area (Å²) in [6.45, 7) is 3.84. The Kier molecular flexibility index (Phi) is 5.10. The Labute approximate surface area is 136 Å². The molecule has 2 atom stereocenters. The first-order valence-electron chi connectivity index (χ1n) is 7.57. The molecule has 23 heavy (non-hydrogen) atoms.